The molecule has 28 heavy (non-hydrogen) atoms. The van der Waals surface area contributed by atoms with Gasteiger partial charge in [-0.1, -0.05) is 11.3 Å². The number of carbonyl (C=O) groups is 1. The summed E-state index contributed by atoms with van der Waals surface area (Å²) in [4.78, 5) is 11.4. The number of fused-ring (bicyclic) bond motifs is 1. The molecule has 1 amide bonds. The van der Waals surface area contributed by atoms with Gasteiger partial charge in [0.2, 0.25) is 10.7 Å². The van der Waals surface area contributed by atoms with Crippen molar-refractivity contribution in [2.75, 3.05) is 19.0 Å². The molecule has 10 heteroatoms. The Morgan fingerprint density at radius 3 is 2.61 bits per heavy atom. The summed E-state index contributed by atoms with van der Waals surface area (Å²) in [5.74, 6) is -0.728. The highest BCUT2D eigenvalue weighted by Crippen LogP contribution is 2.23. The normalized spacial score (nSPS) is 12.5. The molecule has 0 aliphatic heterocycles. The number of hydrogen-bond acceptors (Lipinski definition) is 5. The lowest BCUT2D eigenvalue weighted by Crippen LogP contribution is -2.19. The number of nitrogens with one attached hydrogen (secondary N) is 1. The Balaban J connectivity index is 2.15. The molecular formula is C18H18FN3O4S2. The first-order valence-electron chi connectivity index (χ1n) is 8.26. The average Bonchev–Trinajstić information content (AvgIpc) is 2.95. The maximum atomic E-state index is 13.1. The SMILES string of the molecule is COCCn1/c(=N/S(=O)(=O)c2ccc(F)cc2)sc2cc(NC(C)=O)ccc21. The van der Waals surface area contributed by atoms with Crippen LogP contribution in [0.3, 0.4) is 0 Å². The number of hydrogen-bond donors (Lipinski definition) is 1. The Morgan fingerprint density at radius 2 is 1.96 bits per heavy atom. The molecule has 3 aromatic rings. The number of aromatic nitrogens is 1. The number of ether oxygens (including phenoxy) is 1. The van der Waals surface area contributed by atoms with Crippen molar-refractivity contribution in [3.63, 3.8) is 0 Å². The highest BCUT2D eigenvalue weighted by atomic mass is 32.2. The van der Waals surface area contributed by atoms with E-state index >= 15 is 0 Å². The molecule has 1 aromatic heterocycles. The summed E-state index contributed by atoms with van der Waals surface area (Å²) in [5, 5.41) is 2.70. The quantitative estimate of drug-likeness (QED) is 0.660. The molecular weight excluding hydrogens is 405 g/mol. The smallest absolute Gasteiger partial charge is 0.285 e. The number of rotatable bonds is 6. The highest BCUT2D eigenvalue weighted by molar-refractivity contribution is 7.90. The Morgan fingerprint density at radius 1 is 1.25 bits per heavy atom. The minimum Gasteiger partial charge on any atom is -0.383 e. The highest BCUT2D eigenvalue weighted by Gasteiger charge is 2.15. The Kier molecular flexibility index (Phi) is 5.92. The first kappa shape index (κ1) is 20.2. The minimum atomic E-state index is -4.02. The van der Waals surface area contributed by atoms with E-state index in [0.29, 0.717) is 18.8 Å². The summed E-state index contributed by atoms with van der Waals surface area (Å²) in [7, 11) is -2.47. The molecule has 0 fully saturated rings. The number of amides is 1. The predicted molar refractivity (Wildman–Crippen MR) is 105 cm³/mol. The predicted octanol–water partition coefficient (Wildman–Crippen LogP) is 2.74. The largest absolute Gasteiger partial charge is 0.383 e. The van der Waals surface area contributed by atoms with E-state index in [0.717, 1.165) is 22.3 Å². The van der Waals surface area contributed by atoms with E-state index in [1.54, 1.807) is 29.9 Å². The third-order valence-corrected chi connectivity index (χ3v) is 6.27. The molecule has 0 aliphatic rings. The van der Waals surface area contributed by atoms with Crippen molar-refractivity contribution in [3.8, 4) is 0 Å². The van der Waals surface area contributed by atoms with Crippen molar-refractivity contribution in [2.45, 2.75) is 18.4 Å². The zero-order chi connectivity index (χ0) is 20.3. The van der Waals surface area contributed by atoms with E-state index in [1.165, 1.54) is 30.4 Å². The topological polar surface area (TPSA) is 89.8 Å². The van der Waals surface area contributed by atoms with Crippen LogP contribution >= 0.6 is 11.3 Å². The van der Waals surface area contributed by atoms with Crippen LogP contribution in [0.25, 0.3) is 10.2 Å². The van der Waals surface area contributed by atoms with Crippen molar-refractivity contribution in [1.82, 2.24) is 4.57 Å². The lowest BCUT2D eigenvalue weighted by Gasteiger charge is -2.06. The van der Waals surface area contributed by atoms with Crippen LogP contribution < -0.4 is 10.1 Å². The number of benzene rings is 2. The molecule has 0 saturated carbocycles. The van der Waals surface area contributed by atoms with Gasteiger partial charge in [-0.05, 0) is 42.5 Å². The van der Waals surface area contributed by atoms with Gasteiger partial charge >= 0.3 is 0 Å². The molecule has 1 N–H and O–H groups in total. The lowest BCUT2D eigenvalue weighted by atomic mass is 10.3. The Bertz CT molecular complexity index is 1180. The molecule has 7 nitrogen and oxygen atoms in total. The van der Waals surface area contributed by atoms with Gasteiger partial charge in [-0.15, -0.1) is 4.40 Å². The summed E-state index contributed by atoms with van der Waals surface area (Å²) in [6.45, 7) is 2.17. The first-order valence-corrected chi connectivity index (χ1v) is 10.5. The Hall–Kier alpha value is -2.56. The van der Waals surface area contributed by atoms with Gasteiger partial charge in [0.05, 0.1) is 21.7 Å². The molecule has 148 valence electrons. The van der Waals surface area contributed by atoms with Crippen LogP contribution in [0.1, 0.15) is 6.92 Å². The van der Waals surface area contributed by atoms with Gasteiger partial charge in [0.1, 0.15) is 5.82 Å². The van der Waals surface area contributed by atoms with Crippen LogP contribution in [0, 0.1) is 5.82 Å². The second kappa shape index (κ2) is 8.21. The molecule has 0 spiro atoms. The molecule has 0 radical (unpaired) electrons. The molecule has 0 unspecified atom stereocenters. The van der Waals surface area contributed by atoms with Crippen LogP contribution in [0.4, 0.5) is 10.1 Å². The van der Waals surface area contributed by atoms with E-state index in [2.05, 4.69) is 9.71 Å². The van der Waals surface area contributed by atoms with Crippen LogP contribution in [0.15, 0.2) is 51.8 Å². The number of sulfonamides is 1. The van der Waals surface area contributed by atoms with Crippen LogP contribution in [0.5, 0.6) is 0 Å². The van der Waals surface area contributed by atoms with Gasteiger partial charge < -0.3 is 14.6 Å². The fourth-order valence-corrected chi connectivity index (χ4v) is 4.88. The van der Waals surface area contributed by atoms with Crippen molar-refractivity contribution in [3.05, 3.63) is 53.1 Å². The van der Waals surface area contributed by atoms with E-state index in [-0.39, 0.29) is 15.6 Å². The Labute approximate surface area is 165 Å². The average molecular weight is 423 g/mol. The van der Waals surface area contributed by atoms with Crippen molar-refractivity contribution in [1.29, 1.82) is 0 Å². The van der Waals surface area contributed by atoms with Gasteiger partial charge in [0.25, 0.3) is 10.0 Å². The van der Waals surface area contributed by atoms with E-state index in [4.69, 9.17) is 4.74 Å². The summed E-state index contributed by atoms with van der Waals surface area (Å²) < 4.78 is 50.0. The molecule has 0 aliphatic carbocycles. The molecule has 1 heterocycles. The van der Waals surface area contributed by atoms with Crippen molar-refractivity contribution in [2.24, 2.45) is 4.40 Å². The molecule has 0 atom stereocenters. The van der Waals surface area contributed by atoms with Crippen molar-refractivity contribution < 1.29 is 22.3 Å². The van der Waals surface area contributed by atoms with Crippen LogP contribution in [-0.2, 0) is 26.1 Å². The third-order valence-electron chi connectivity index (χ3n) is 3.83. The van der Waals surface area contributed by atoms with E-state index in [9.17, 15) is 17.6 Å². The lowest BCUT2D eigenvalue weighted by molar-refractivity contribution is -0.114. The molecule has 3 rings (SSSR count). The van der Waals surface area contributed by atoms with Gasteiger partial charge in [0, 0.05) is 26.3 Å². The molecule has 0 saturated heterocycles. The van der Waals surface area contributed by atoms with Crippen molar-refractivity contribution >= 4 is 43.2 Å². The monoisotopic (exact) mass is 423 g/mol. The zero-order valence-electron chi connectivity index (χ0n) is 15.2. The number of methoxy groups -OCH3 is 1. The summed E-state index contributed by atoms with van der Waals surface area (Å²) in [6, 6.07) is 9.78. The molecule has 0 bridgehead atoms. The van der Waals surface area contributed by atoms with E-state index < -0.39 is 15.8 Å². The summed E-state index contributed by atoms with van der Waals surface area (Å²) in [6.07, 6.45) is 0. The fraction of sp³-hybridized carbons (Fsp3) is 0.222. The van der Waals surface area contributed by atoms with Gasteiger partial charge in [-0.2, -0.15) is 8.42 Å². The molecule has 2 aromatic carbocycles. The number of carbonyl (C=O) groups excluding carboxylic acids is 1. The second-order valence-electron chi connectivity index (χ2n) is 5.91. The van der Waals surface area contributed by atoms with Gasteiger partial charge in [0.15, 0.2) is 0 Å². The minimum absolute atomic E-state index is 0.0939. The number of nitrogens with zero attached hydrogens (tertiary/aromatic N) is 2. The number of thiazole rings is 1. The third kappa shape index (κ3) is 4.46. The summed E-state index contributed by atoms with van der Waals surface area (Å²) in [5.41, 5.74) is 1.37. The van der Waals surface area contributed by atoms with Crippen LogP contribution in [-0.4, -0.2) is 32.6 Å². The maximum absolute atomic E-state index is 13.1. The van der Waals surface area contributed by atoms with Gasteiger partial charge in [-0.25, -0.2) is 4.39 Å². The van der Waals surface area contributed by atoms with E-state index in [1.807, 2.05) is 0 Å². The summed E-state index contributed by atoms with van der Waals surface area (Å²) >= 11 is 1.18. The zero-order valence-corrected chi connectivity index (χ0v) is 16.8. The maximum Gasteiger partial charge on any atom is 0.285 e. The first-order chi connectivity index (χ1) is 13.3. The van der Waals surface area contributed by atoms with Gasteiger partial charge in [-0.3, -0.25) is 4.79 Å². The second-order valence-corrected chi connectivity index (χ2v) is 8.53. The number of halogens is 1. The fourth-order valence-electron chi connectivity index (χ4n) is 2.59. The number of anilines is 1. The van der Waals surface area contributed by atoms with Crippen LogP contribution in [0.2, 0.25) is 0 Å². The standard InChI is InChI=1S/C18H18FN3O4S2/c1-12(23)20-14-5-8-16-17(11-14)27-18(22(16)9-10-26-2)21-28(24,25)15-6-3-13(19)4-7-15/h3-8,11H,9-10H2,1-2H3,(H,20,23)/b21-18-.